The van der Waals surface area contributed by atoms with Crippen molar-refractivity contribution in [2.45, 2.75) is 12.8 Å². The van der Waals surface area contributed by atoms with E-state index in [9.17, 15) is 4.79 Å². The van der Waals surface area contributed by atoms with Gasteiger partial charge in [0.1, 0.15) is 5.75 Å². The van der Waals surface area contributed by atoms with Gasteiger partial charge in [-0.05, 0) is 42.1 Å². The molecule has 1 aliphatic rings. The lowest BCUT2D eigenvalue weighted by atomic mass is 10.0. The van der Waals surface area contributed by atoms with Crippen LogP contribution >= 0.6 is 23.2 Å². The van der Waals surface area contributed by atoms with Gasteiger partial charge in [-0.3, -0.25) is 4.79 Å². The van der Waals surface area contributed by atoms with Crippen molar-refractivity contribution in [2.24, 2.45) is 0 Å². The molecule has 0 N–H and O–H groups in total. The van der Waals surface area contributed by atoms with E-state index in [4.69, 9.17) is 27.9 Å². The first kappa shape index (κ1) is 9.81. The molecule has 1 aliphatic heterocycles. The summed E-state index contributed by atoms with van der Waals surface area (Å²) < 4.78 is 5.41. The van der Waals surface area contributed by atoms with Crippen LogP contribution in [0.2, 0.25) is 5.02 Å². The van der Waals surface area contributed by atoms with Crippen LogP contribution < -0.4 is 4.74 Å². The van der Waals surface area contributed by atoms with Crippen molar-refractivity contribution in [2.75, 3.05) is 6.61 Å². The number of rotatable bonds is 1. The number of fused-ring (bicyclic) bond motifs is 1. The minimum absolute atomic E-state index is 0.369. The predicted molar refractivity (Wildman–Crippen MR) is 55.5 cm³/mol. The molecule has 0 aliphatic carbocycles. The number of hydrogen-bond acceptors (Lipinski definition) is 2. The van der Waals surface area contributed by atoms with Crippen LogP contribution in [0, 0.1) is 0 Å². The van der Waals surface area contributed by atoms with Crippen LogP contribution in [0.4, 0.5) is 0 Å². The van der Waals surface area contributed by atoms with Crippen LogP contribution in [0.3, 0.4) is 0 Å². The first-order valence-corrected chi connectivity index (χ1v) is 5.09. The molecule has 0 saturated heterocycles. The lowest BCUT2D eigenvalue weighted by Gasteiger charge is -2.19. The Labute approximate surface area is 91.8 Å². The zero-order valence-electron chi connectivity index (χ0n) is 7.35. The zero-order chi connectivity index (χ0) is 10.1. The standard InChI is InChI=1S/C10H8Cl2O2/c11-7-4-6-2-1-3-14-9(6)8(5-7)10(12)13/h4-5H,1-3H2. The Hall–Kier alpha value is -0.730. The highest BCUT2D eigenvalue weighted by atomic mass is 35.5. The summed E-state index contributed by atoms with van der Waals surface area (Å²) in [5, 5.41) is 0.00361. The number of benzene rings is 1. The van der Waals surface area contributed by atoms with Gasteiger partial charge in [-0.15, -0.1) is 0 Å². The summed E-state index contributed by atoms with van der Waals surface area (Å²) in [6, 6.07) is 3.36. The smallest absolute Gasteiger partial charge is 0.256 e. The van der Waals surface area contributed by atoms with Gasteiger partial charge >= 0.3 is 0 Å². The van der Waals surface area contributed by atoms with Crippen LogP contribution in [0.15, 0.2) is 12.1 Å². The number of halogens is 2. The van der Waals surface area contributed by atoms with E-state index in [0.29, 0.717) is 22.9 Å². The SMILES string of the molecule is O=C(Cl)c1cc(Cl)cc2c1OCCC2. The molecule has 74 valence electrons. The zero-order valence-corrected chi connectivity index (χ0v) is 8.86. The lowest BCUT2D eigenvalue weighted by molar-refractivity contribution is 0.107. The predicted octanol–water partition coefficient (Wildman–Crippen LogP) is 3.04. The third-order valence-electron chi connectivity index (χ3n) is 2.18. The summed E-state index contributed by atoms with van der Waals surface area (Å²) in [6.07, 6.45) is 1.83. The average Bonchev–Trinajstić information content (AvgIpc) is 2.16. The molecule has 2 rings (SSSR count). The fourth-order valence-corrected chi connectivity index (χ4v) is 1.97. The van der Waals surface area contributed by atoms with E-state index < -0.39 is 5.24 Å². The number of aryl methyl sites for hydroxylation is 1. The second-order valence-corrected chi connectivity index (χ2v) is 3.95. The van der Waals surface area contributed by atoms with Crippen LogP contribution in [-0.2, 0) is 6.42 Å². The van der Waals surface area contributed by atoms with Crippen LogP contribution in [-0.4, -0.2) is 11.8 Å². The number of hydrogen-bond donors (Lipinski definition) is 0. The Morgan fingerprint density at radius 1 is 1.43 bits per heavy atom. The highest BCUT2D eigenvalue weighted by molar-refractivity contribution is 6.68. The van der Waals surface area contributed by atoms with E-state index in [1.54, 1.807) is 6.07 Å². The summed E-state index contributed by atoms with van der Waals surface area (Å²) in [6.45, 7) is 0.631. The number of carbonyl (C=O) groups is 1. The van der Waals surface area contributed by atoms with Gasteiger partial charge in [0.25, 0.3) is 5.24 Å². The molecule has 0 unspecified atom stereocenters. The van der Waals surface area contributed by atoms with E-state index >= 15 is 0 Å². The van der Waals surface area contributed by atoms with Crippen LogP contribution in [0.5, 0.6) is 5.75 Å². The highest BCUT2D eigenvalue weighted by Crippen LogP contribution is 2.32. The first-order valence-electron chi connectivity index (χ1n) is 4.33. The molecule has 0 fully saturated rings. The van der Waals surface area contributed by atoms with E-state index in [2.05, 4.69) is 0 Å². The molecule has 2 nitrogen and oxygen atoms in total. The van der Waals surface area contributed by atoms with Crippen molar-refractivity contribution in [3.63, 3.8) is 0 Å². The Bertz CT molecular complexity index is 388. The van der Waals surface area contributed by atoms with E-state index in [0.717, 1.165) is 18.4 Å². The molecule has 1 aromatic rings. The van der Waals surface area contributed by atoms with Crippen molar-refractivity contribution in [1.29, 1.82) is 0 Å². The maximum absolute atomic E-state index is 11.1. The Balaban J connectivity index is 2.58. The van der Waals surface area contributed by atoms with Crippen LogP contribution in [0.1, 0.15) is 22.3 Å². The van der Waals surface area contributed by atoms with Gasteiger partial charge in [-0.25, -0.2) is 0 Å². The molecule has 0 amide bonds. The fraction of sp³-hybridized carbons (Fsp3) is 0.300. The fourth-order valence-electron chi connectivity index (χ4n) is 1.59. The Kier molecular flexibility index (Phi) is 2.66. The number of ether oxygens (including phenoxy) is 1. The van der Waals surface area contributed by atoms with Crippen LogP contribution in [0.25, 0.3) is 0 Å². The van der Waals surface area contributed by atoms with Crippen molar-refractivity contribution in [3.05, 3.63) is 28.3 Å². The maximum Gasteiger partial charge on any atom is 0.256 e. The molecular weight excluding hydrogens is 223 g/mol. The number of carbonyl (C=O) groups excluding carboxylic acids is 1. The summed E-state index contributed by atoms with van der Waals surface area (Å²) in [4.78, 5) is 11.1. The molecule has 0 spiro atoms. The molecule has 14 heavy (non-hydrogen) atoms. The highest BCUT2D eigenvalue weighted by Gasteiger charge is 2.19. The summed E-state index contributed by atoms with van der Waals surface area (Å²) in [5.74, 6) is 0.598. The third-order valence-corrected chi connectivity index (χ3v) is 2.60. The van der Waals surface area contributed by atoms with Crippen molar-refractivity contribution in [3.8, 4) is 5.75 Å². The van der Waals surface area contributed by atoms with Gasteiger partial charge in [0.05, 0.1) is 12.2 Å². The van der Waals surface area contributed by atoms with Gasteiger partial charge in [-0.1, -0.05) is 11.6 Å². The molecule has 0 aromatic heterocycles. The largest absolute Gasteiger partial charge is 0.492 e. The Morgan fingerprint density at radius 2 is 2.21 bits per heavy atom. The average molecular weight is 231 g/mol. The normalized spacial score (nSPS) is 14.4. The molecule has 0 bridgehead atoms. The third kappa shape index (κ3) is 1.72. The maximum atomic E-state index is 11.1. The summed E-state index contributed by atoms with van der Waals surface area (Å²) >= 11 is 11.3. The monoisotopic (exact) mass is 230 g/mol. The van der Waals surface area contributed by atoms with E-state index in [1.165, 1.54) is 0 Å². The lowest BCUT2D eigenvalue weighted by Crippen LogP contribution is -2.11. The van der Waals surface area contributed by atoms with Crippen molar-refractivity contribution in [1.82, 2.24) is 0 Å². The summed E-state index contributed by atoms with van der Waals surface area (Å²) in [7, 11) is 0. The van der Waals surface area contributed by atoms with Gasteiger partial charge in [-0.2, -0.15) is 0 Å². The molecule has 0 radical (unpaired) electrons. The van der Waals surface area contributed by atoms with Gasteiger partial charge < -0.3 is 4.74 Å². The van der Waals surface area contributed by atoms with E-state index in [1.807, 2.05) is 6.07 Å². The molecule has 1 aromatic carbocycles. The Morgan fingerprint density at radius 3 is 2.93 bits per heavy atom. The molecule has 1 heterocycles. The molecule has 0 saturated carbocycles. The van der Waals surface area contributed by atoms with E-state index in [-0.39, 0.29) is 0 Å². The van der Waals surface area contributed by atoms with Crippen molar-refractivity contribution < 1.29 is 9.53 Å². The molecular formula is C10H8Cl2O2. The first-order chi connectivity index (χ1) is 6.68. The molecule has 0 atom stereocenters. The van der Waals surface area contributed by atoms with Crippen molar-refractivity contribution >= 4 is 28.4 Å². The van der Waals surface area contributed by atoms with Gasteiger partial charge in [0, 0.05) is 5.02 Å². The topological polar surface area (TPSA) is 26.3 Å². The van der Waals surface area contributed by atoms with Gasteiger partial charge in [0.2, 0.25) is 0 Å². The minimum Gasteiger partial charge on any atom is -0.492 e. The quantitative estimate of drug-likeness (QED) is 0.694. The minimum atomic E-state index is -0.523. The summed E-state index contributed by atoms with van der Waals surface area (Å²) in [5.41, 5.74) is 1.33. The van der Waals surface area contributed by atoms with Gasteiger partial charge in [0.15, 0.2) is 0 Å². The molecule has 4 heteroatoms. The second kappa shape index (κ2) is 3.79. The second-order valence-electron chi connectivity index (χ2n) is 3.17.